The molecule has 2 atom stereocenters. The van der Waals surface area contributed by atoms with Gasteiger partial charge >= 0.3 is 0 Å². The molecule has 32 heavy (non-hydrogen) atoms. The van der Waals surface area contributed by atoms with Crippen molar-refractivity contribution in [2.24, 2.45) is 5.73 Å². The minimum absolute atomic E-state index is 0.0381. The second-order valence-electron chi connectivity index (χ2n) is 8.25. The van der Waals surface area contributed by atoms with Crippen LogP contribution in [0.5, 0.6) is 11.5 Å². The predicted octanol–water partition coefficient (Wildman–Crippen LogP) is 4.58. The normalized spacial score (nSPS) is 16.6. The number of primary amides is 1. The van der Waals surface area contributed by atoms with Crippen LogP contribution in [0, 0.1) is 5.82 Å². The fourth-order valence-electron chi connectivity index (χ4n) is 4.92. The Kier molecular flexibility index (Phi) is 6.37. The molecule has 2 unspecified atom stereocenters. The van der Waals surface area contributed by atoms with Crippen LogP contribution in [0.25, 0.3) is 10.9 Å². The van der Waals surface area contributed by atoms with E-state index in [-0.39, 0.29) is 17.9 Å². The van der Waals surface area contributed by atoms with Gasteiger partial charge in [-0.2, -0.15) is 0 Å². The van der Waals surface area contributed by atoms with E-state index in [1.54, 1.807) is 31.4 Å². The van der Waals surface area contributed by atoms with E-state index < -0.39 is 5.91 Å². The van der Waals surface area contributed by atoms with Crippen molar-refractivity contribution in [1.82, 2.24) is 9.88 Å². The van der Waals surface area contributed by atoms with Crippen molar-refractivity contribution in [3.63, 3.8) is 0 Å². The molecule has 0 fully saturated rings. The number of aromatic amines is 1. The largest absolute Gasteiger partial charge is 0.493 e. The van der Waals surface area contributed by atoms with Crippen LogP contribution in [0.3, 0.4) is 0 Å². The second kappa shape index (κ2) is 9.20. The van der Waals surface area contributed by atoms with Gasteiger partial charge in [0.05, 0.1) is 7.11 Å². The number of nitrogens with two attached hydrogens (primary N) is 1. The smallest absolute Gasteiger partial charge is 0.249 e. The third kappa shape index (κ3) is 3.93. The van der Waals surface area contributed by atoms with Crippen LogP contribution in [-0.4, -0.2) is 42.1 Å². The van der Waals surface area contributed by atoms with E-state index in [4.69, 9.17) is 15.2 Å². The van der Waals surface area contributed by atoms with Crippen molar-refractivity contribution >= 4 is 16.8 Å². The standard InChI is InChI=1S/C25H30FN3O3/c1-4-10-29(22(5-2)20-13-28-21-8-6-15(26)11-18(20)21)16-12-19-17(25(27)30)7-9-23(31-3)24(19)32-14-16/h6-9,11,13,16,22,28H,4-5,10,12,14H2,1-3H3,(H2,27,30). The first-order valence-electron chi connectivity index (χ1n) is 11.1. The minimum atomic E-state index is -0.477. The lowest BCUT2D eigenvalue weighted by Crippen LogP contribution is -2.46. The Bertz CT molecular complexity index is 1130. The van der Waals surface area contributed by atoms with Gasteiger partial charge in [-0.1, -0.05) is 13.8 Å². The summed E-state index contributed by atoms with van der Waals surface area (Å²) in [5.74, 6) is 0.473. The number of halogens is 1. The molecule has 7 heteroatoms. The zero-order chi connectivity index (χ0) is 22.8. The molecule has 1 aromatic heterocycles. The molecule has 3 N–H and O–H groups in total. The molecule has 0 saturated heterocycles. The molecule has 0 bridgehead atoms. The van der Waals surface area contributed by atoms with Crippen molar-refractivity contribution in [2.45, 2.75) is 45.2 Å². The second-order valence-corrected chi connectivity index (χ2v) is 8.25. The van der Waals surface area contributed by atoms with E-state index in [0.717, 1.165) is 41.4 Å². The van der Waals surface area contributed by atoms with Crippen LogP contribution in [0.1, 0.15) is 54.2 Å². The van der Waals surface area contributed by atoms with Gasteiger partial charge in [0.25, 0.3) is 0 Å². The zero-order valence-corrected chi connectivity index (χ0v) is 18.8. The first-order valence-corrected chi connectivity index (χ1v) is 11.1. The van der Waals surface area contributed by atoms with Crippen LogP contribution in [0.4, 0.5) is 4.39 Å². The maximum absolute atomic E-state index is 14.0. The highest BCUT2D eigenvalue weighted by Gasteiger charge is 2.34. The number of nitrogens with zero attached hydrogens (tertiary/aromatic N) is 1. The molecule has 3 aromatic rings. The average molecular weight is 440 g/mol. The summed E-state index contributed by atoms with van der Waals surface area (Å²) >= 11 is 0. The number of hydrogen-bond acceptors (Lipinski definition) is 4. The topological polar surface area (TPSA) is 80.6 Å². The number of carbonyl (C=O) groups excluding carboxylic acids is 1. The molecule has 4 rings (SSSR count). The monoisotopic (exact) mass is 439 g/mol. The molecule has 6 nitrogen and oxygen atoms in total. The summed E-state index contributed by atoms with van der Waals surface area (Å²) in [5, 5.41) is 0.898. The Labute approximate surface area is 187 Å². The van der Waals surface area contributed by atoms with Gasteiger partial charge in [0.15, 0.2) is 11.5 Å². The SMILES string of the molecule is CCCN(C1COc2c(OC)ccc(C(N)=O)c2C1)C(CC)c1c[nH]c2ccc(F)cc12. The lowest BCUT2D eigenvalue weighted by Gasteiger charge is -2.40. The maximum atomic E-state index is 14.0. The summed E-state index contributed by atoms with van der Waals surface area (Å²) in [5.41, 5.74) is 8.90. The lowest BCUT2D eigenvalue weighted by molar-refractivity contribution is 0.0751. The summed E-state index contributed by atoms with van der Waals surface area (Å²) in [6, 6.07) is 8.37. The van der Waals surface area contributed by atoms with E-state index in [0.29, 0.717) is 30.1 Å². The first-order chi connectivity index (χ1) is 15.5. The Balaban J connectivity index is 1.73. The summed E-state index contributed by atoms with van der Waals surface area (Å²) in [6.45, 7) is 5.60. The number of H-pyrrole nitrogens is 1. The molecule has 1 amide bonds. The lowest BCUT2D eigenvalue weighted by atomic mass is 9.92. The van der Waals surface area contributed by atoms with E-state index >= 15 is 0 Å². The van der Waals surface area contributed by atoms with Gasteiger partial charge in [0.2, 0.25) is 5.91 Å². The minimum Gasteiger partial charge on any atom is -0.493 e. The number of rotatable bonds is 8. The first kappa shape index (κ1) is 22.1. The number of ether oxygens (including phenoxy) is 2. The van der Waals surface area contributed by atoms with E-state index in [1.807, 2.05) is 6.20 Å². The molecule has 2 heterocycles. The highest BCUT2D eigenvalue weighted by atomic mass is 19.1. The molecule has 0 saturated carbocycles. The fourth-order valence-corrected chi connectivity index (χ4v) is 4.92. The Morgan fingerprint density at radius 3 is 2.84 bits per heavy atom. The highest BCUT2D eigenvalue weighted by molar-refractivity contribution is 5.95. The fraction of sp³-hybridized carbons (Fsp3) is 0.400. The summed E-state index contributed by atoms with van der Waals surface area (Å²) < 4.78 is 25.6. The molecular formula is C25H30FN3O3. The average Bonchev–Trinajstić information content (AvgIpc) is 3.20. The molecule has 0 aliphatic carbocycles. The van der Waals surface area contributed by atoms with Gasteiger partial charge in [-0.3, -0.25) is 9.69 Å². The van der Waals surface area contributed by atoms with Crippen LogP contribution in [0.15, 0.2) is 36.5 Å². The molecular weight excluding hydrogens is 409 g/mol. The van der Waals surface area contributed by atoms with E-state index in [1.165, 1.54) is 6.07 Å². The van der Waals surface area contributed by atoms with Crippen LogP contribution >= 0.6 is 0 Å². The molecule has 0 spiro atoms. The van der Waals surface area contributed by atoms with Gasteiger partial charge in [-0.25, -0.2) is 4.39 Å². The van der Waals surface area contributed by atoms with Gasteiger partial charge in [-0.15, -0.1) is 0 Å². The summed E-state index contributed by atoms with van der Waals surface area (Å²) in [7, 11) is 1.58. The number of aromatic nitrogens is 1. The van der Waals surface area contributed by atoms with Crippen molar-refractivity contribution in [2.75, 3.05) is 20.3 Å². The summed E-state index contributed by atoms with van der Waals surface area (Å²) in [4.78, 5) is 17.8. The molecule has 170 valence electrons. The molecule has 1 aliphatic heterocycles. The number of nitrogens with one attached hydrogen (secondary N) is 1. The van der Waals surface area contributed by atoms with Gasteiger partial charge in [0, 0.05) is 40.3 Å². The number of amides is 1. The van der Waals surface area contributed by atoms with Crippen LogP contribution < -0.4 is 15.2 Å². The van der Waals surface area contributed by atoms with Crippen molar-refractivity contribution in [3.05, 3.63) is 59.0 Å². The third-order valence-corrected chi connectivity index (χ3v) is 6.34. The third-order valence-electron chi connectivity index (χ3n) is 6.34. The number of fused-ring (bicyclic) bond motifs is 2. The Hall–Kier alpha value is -3.06. The molecule has 1 aliphatic rings. The number of methoxy groups -OCH3 is 1. The quantitative estimate of drug-likeness (QED) is 0.538. The van der Waals surface area contributed by atoms with Gasteiger partial charge in [-0.05, 0) is 61.7 Å². The van der Waals surface area contributed by atoms with Crippen molar-refractivity contribution < 1.29 is 18.7 Å². The Morgan fingerprint density at radius 2 is 2.16 bits per heavy atom. The zero-order valence-electron chi connectivity index (χ0n) is 18.8. The van der Waals surface area contributed by atoms with Gasteiger partial charge in [0.1, 0.15) is 12.4 Å². The summed E-state index contributed by atoms with van der Waals surface area (Å²) in [6.07, 6.45) is 4.42. The van der Waals surface area contributed by atoms with Crippen molar-refractivity contribution in [3.8, 4) is 11.5 Å². The number of hydrogen-bond donors (Lipinski definition) is 2. The predicted molar refractivity (Wildman–Crippen MR) is 123 cm³/mol. The molecule has 2 aromatic carbocycles. The van der Waals surface area contributed by atoms with Gasteiger partial charge < -0.3 is 20.2 Å². The van der Waals surface area contributed by atoms with Crippen LogP contribution in [0.2, 0.25) is 0 Å². The number of benzene rings is 2. The van der Waals surface area contributed by atoms with Crippen molar-refractivity contribution in [1.29, 1.82) is 0 Å². The maximum Gasteiger partial charge on any atom is 0.249 e. The molecule has 0 radical (unpaired) electrons. The van der Waals surface area contributed by atoms with E-state index in [2.05, 4.69) is 23.7 Å². The Morgan fingerprint density at radius 1 is 1.34 bits per heavy atom. The van der Waals surface area contributed by atoms with Crippen LogP contribution in [-0.2, 0) is 6.42 Å². The highest BCUT2D eigenvalue weighted by Crippen LogP contribution is 2.40. The van der Waals surface area contributed by atoms with E-state index in [9.17, 15) is 9.18 Å². The number of carbonyl (C=O) groups is 1.